The summed E-state index contributed by atoms with van der Waals surface area (Å²) in [4.78, 5) is 17.6. The molecule has 6 heteroatoms. The molecule has 3 rings (SSSR count). The molecule has 22 heavy (non-hydrogen) atoms. The molecule has 0 unspecified atom stereocenters. The Kier molecular flexibility index (Phi) is 4.92. The maximum atomic E-state index is 12.2. The van der Waals surface area contributed by atoms with Gasteiger partial charge < -0.3 is 20.4 Å². The number of hydrogen-bond donors (Lipinski definition) is 2. The van der Waals surface area contributed by atoms with Crippen molar-refractivity contribution in [3.63, 3.8) is 0 Å². The van der Waals surface area contributed by atoms with Gasteiger partial charge in [0.1, 0.15) is 0 Å². The molecular formula is C16H24N4O2. The Hall–Kier alpha value is -1.63. The van der Waals surface area contributed by atoms with Crippen molar-refractivity contribution in [2.45, 2.75) is 18.9 Å². The van der Waals surface area contributed by atoms with E-state index in [1.54, 1.807) is 0 Å². The van der Waals surface area contributed by atoms with Crippen LogP contribution in [0.25, 0.3) is 11.0 Å². The maximum Gasteiger partial charge on any atom is 0.326 e. The van der Waals surface area contributed by atoms with E-state index in [-0.39, 0.29) is 11.7 Å². The summed E-state index contributed by atoms with van der Waals surface area (Å²) in [6.45, 7) is 4.88. The van der Waals surface area contributed by atoms with Crippen LogP contribution in [0.4, 0.5) is 0 Å². The zero-order chi connectivity index (χ0) is 15.4. The summed E-state index contributed by atoms with van der Waals surface area (Å²) in [5, 5.41) is 0. The Morgan fingerprint density at radius 2 is 2.00 bits per heavy atom. The first-order chi connectivity index (χ1) is 10.8. The minimum Gasteiger partial charge on any atom is -0.379 e. The highest BCUT2D eigenvalue weighted by Crippen LogP contribution is 2.24. The fourth-order valence-corrected chi connectivity index (χ4v) is 3.22. The molecule has 2 heterocycles. The van der Waals surface area contributed by atoms with Gasteiger partial charge in [0, 0.05) is 32.2 Å². The van der Waals surface area contributed by atoms with E-state index in [1.165, 1.54) is 0 Å². The molecule has 0 amide bonds. The summed E-state index contributed by atoms with van der Waals surface area (Å²) in [6.07, 6.45) is 2.00. The molecule has 0 atom stereocenters. The molecule has 0 spiro atoms. The molecule has 6 nitrogen and oxygen atoms in total. The Labute approximate surface area is 129 Å². The average molecular weight is 304 g/mol. The number of H-pyrrole nitrogens is 1. The zero-order valence-corrected chi connectivity index (χ0v) is 12.8. The predicted molar refractivity (Wildman–Crippen MR) is 87.1 cm³/mol. The molecule has 1 aromatic carbocycles. The highest BCUT2D eigenvalue weighted by Gasteiger charge is 2.23. The molecule has 0 radical (unpaired) electrons. The van der Waals surface area contributed by atoms with Crippen LogP contribution < -0.4 is 11.4 Å². The summed E-state index contributed by atoms with van der Waals surface area (Å²) >= 11 is 0. The van der Waals surface area contributed by atoms with E-state index in [2.05, 4.69) is 9.88 Å². The summed E-state index contributed by atoms with van der Waals surface area (Å²) < 4.78 is 7.36. The summed E-state index contributed by atoms with van der Waals surface area (Å²) in [5.41, 5.74) is 7.34. The number of fused-ring (bicyclic) bond motifs is 1. The van der Waals surface area contributed by atoms with Crippen molar-refractivity contribution < 1.29 is 4.74 Å². The second-order valence-electron chi connectivity index (χ2n) is 5.79. The molecule has 120 valence electrons. The highest BCUT2D eigenvalue weighted by molar-refractivity contribution is 5.75. The molecule has 0 bridgehead atoms. The number of likely N-dealkylation sites (tertiary alicyclic amines) is 1. The molecule has 0 aliphatic carbocycles. The van der Waals surface area contributed by atoms with E-state index in [0.29, 0.717) is 13.2 Å². The van der Waals surface area contributed by atoms with Gasteiger partial charge in [-0.25, -0.2) is 4.79 Å². The van der Waals surface area contributed by atoms with Crippen LogP contribution in [0.15, 0.2) is 29.1 Å². The van der Waals surface area contributed by atoms with Crippen LogP contribution in [0.3, 0.4) is 0 Å². The van der Waals surface area contributed by atoms with E-state index < -0.39 is 0 Å². The van der Waals surface area contributed by atoms with Gasteiger partial charge >= 0.3 is 5.69 Å². The molecule has 1 aliphatic rings. The van der Waals surface area contributed by atoms with Gasteiger partial charge in [0.15, 0.2) is 0 Å². The third-order valence-corrected chi connectivity index (χ3v) is 4.36. The number of aromatic amines is 1. The minimum absolute atomic E-state index is 0.00549. The minimum atomic E-state index is 0.00549. The Morgan fingerprint density at radius 1 is 1.23 bits per heavy atom. The quantitative estimate of drug-likeness (QED) is 0.779. The molecule has 0 saturated carbocycles. The van der Waals surface area contributed by atoms with Crippen LogP contribution in [0.1, 0.15) is 18.9 Å². The topological polar surface area (TPSA) is 76.3 Å². The van der Waals surface area contributed by atoms with Gasteiger partial charge in [-0.3, -0.25) is 4.57 Å². The summed E-state index contributed by atoms with van der Waals surface area (Å²) in [5.74, 6) is 0. The van der Waals surface area contributed by atoms with Crippen LogP contribution in [-0.2, 0) is 4.74 Å². The number of nitrogens with one attached hydrogen (secondary N) is 1. The highest BCUT2D eigenvalue weighted by atomic mass is 16.5. The number of benzene rings is 1. The molecule has 1 fully saturated rings. The van der Waals surface area contributed by atoms with Crippen molar-refractivity contribution >= 4 is 11.0 Å². The van der Waals surface area contributed by atoms with E-state index in [1.807, 2.05) is 28.8 Å². The van der Waals surface area contributed by atoms with Crippen molar-refractivity contribution in [1.82, 2.24) is 14.5 Å². The molecule has 1 aliphatic heterocycles. The number of nitrogens with two attached hydrogens (primary N) is 1. The van der Waals surface area contributed by atoms with Crippen molar-refractivity contribution in [3.8, 4) is 0 Å². The van der Waals surface area contributed by atoms with Gasteiger partial charge in [-0.05, 0) is 25.0 Å². The fraction of sp³-hybridized carbons (Fsp3) is 0.562. The standard InChI is InChI=1S/C16H24N4O2/c17-7-11-22-12-10-19-8-5-13(6-9-19)20-15-4-2-1-3-14(15)18-16(20)21/h1-4,13H,5-12,17H2,(H,18,21). The number of imidazole rings is 1. The van der Waals surface area contributed by atoms with Gasteiger partial charge in [0.2, 0.25) is 0 Å². The number of nitrogens with zero attached hydrogens (tertiary/aromatic N) is 2. The molecule has 1 saturated heterocycles. The molecule has 1 aromatic heterocycles. The van der Waals surface area contributed by atoms with E-state index >= 15 is 0 Å². The van der Waals surface area contributed by atoms with Crippen molar-refractivity contribution in [2.75, 3.05) is 39.4 Å². The number of piperidine rings is 1. The third kappa shape index (κ3) is 3.24. The lowest BCUT2D eigenvalue weighted by Crippen LogP contribution is -2.38. The number of aromatic nitrogens is 2. The smallest absolute Gasteiger partial charge is 0.326 e. The first-order valence-electron chi connectivity index (χ1n) is 7.99. The van der Waals surface area contributed by atoms with Crippen molar-refractivity contribution in [3.05, 3.63) is 34.7 Å². The first kappa shape index (κ1) is 15.3. The van der Waals surface area contributed by atoms with Gasteiger partial charge in [0.05, 0.1) is 24.2 Å². The summed E-state index contributed by atoms with van der Waals surface area (Å²) in [7, 11) is 0. The third-order valence-electron chi connectivity index (χ3n) is 4.36. The normalized spacial score (nSPS) is 17.3. The SMILES string of the molecule is NCCOCCN1CCC(n2c(=O)[nH]c3ccccc32)CC1. The number of rotatable bonds is 6. The van der Waals surface area contributed by atoms with Crippen molar-refractivity contribution in [1.29, 1.82) is 0 Å². The zero-order valence-electron chi connectivity index (χ0n) is 12.8. The van der Waals surface area contributed by atoms with E-state index in [0.717, 1.165) is 50.1 Å². The number of hydrogen-bond acceptors (Lipinski definition) is 4. The lowest BCUT2D eigenvalue weighted by molar-refractivity contribution is 0.0936. The van der Waals surface area contributed by atoms with Crippen LogP contribution in [-0.4, -0.2) is 53.8 Å². The fourth-order valence-electron chi connectivity index (χ4n) is 3.22. The predicted octanol–water partition coefficient (Wildman–Crippen LogP) is 0.942. The molecule has 2 aromatic rings. The largest absolute Gasteiger partial charge is 0.379 e. The van der Waals surface area contributed by atoms with Gasteiger partial charge in [0.25, 0.3) is 0 Å². The first-order valence-corrected chi connectivity index (χ1v) is 7.99. The Morgan fingerprint density at radius 3 is 2.77 bits per heavy atom. The van der Waals surface area contributed by atoms with Crippen molar-refractivity contribution in [2.24, 2.45) is 5.73 Å². The monoisotopic (exact) mass is 304 g/mol. The lowest BCUT2D eigenvalue weighted by Gasteiger charge is -2.32. The number of para-hydroxylation sites is 2. The van der Waals surface area contributed by atoms with Crippen LogP contribution in [0, 0.1) is 0 Å². The van der Waals surface area contributed by atoms with Crippen LogP contribution in [0.5, 0.6) is 0 Å². The van der Waals surface area contributed by atoms with Gasteiger partial charge in [-0.2, -0.15) is 0 Å². The van der Waals surface area contributed by atoms with Gasteiger partial charge in [-0.15, -0.1) is 0 Å². The lowest BCUT2D eigenvalue weighted by atomic mass is 10.0. The number of ether oxygens (including phenoxy) is 1. The van der Waals surface area contributed by atoms with E-state index in [4.69, 9.17) is 10.5 Å². The summed E-state index contributed by atoms with van der Waals surface area (Å²) in [6, 6.07) is 8.19. The molecular weight excluding hydrogens is 280 g/mol. The maximum absolute atomic E-state index is 12.2. The Bertz CT molecular complexity index is 655. The van der Waals surface area contributed by atoms with Crippen LogP contribution >= 0.6 is 0 Å². The van der Waals surface area contributed by atoms with Gasteiger partial charge in [-0.1, -0.05) is 12.1 Å². The second-order valence-corrected chi connectivity index (χ2v) is 5.79. The average Bonchev–Trinajstić information content (AvgIpc) is 2.88. The van der Waals surface area contributed by atoms with Crippen LogP contribution in [0.2, 0.25) is 0 Å². The Balaban J connectivity index is 1.61. The molecule has 3 N–H and O–H groups in total. The van der Waals surface area contributed by atoms with E-state index in [9.17, 15) is 4.79 Å². The second kappa shape index (κ2) is 7.09.